The van der Waals surface area contributed by atoms with Gasteiger partial charge in [0.2, 0.25) is 5.60 Å². The van der Waals surface area contributed by atoms with Crippen LogP contribution in [-0.2, 0) is 45.3 Å². The lowest BCUT2D eigenvalue weighted by Crippen LogP contribution is -2.79. The maximum Gasteiger partial charge on any atom is 0.344 e. The highest BCUT2D eigenvalue weighted by molar-refractivity contribution is 9.10. The molecular formula is C45H55BrN4O8. The Hall–Kier alpha value is -3.75. The summed E-state index contributed by atoms with van der Waals surface area (Å²) < 4.78 is 25.0. The van der Waals surface area contributed by atoms with Crippen LogP contribution in [0.1, 0.15) is 57.7 Å². The molecule has 2 aromatic rings. The molecule has 11 atom stereocenters. The smallest absolute Gasteiger partial charge is 0.344 e. The molecule has 0 radical (unpaired) electrons. The monoisotopic (exact) mass is 858 g/mol. The van der Waals surface area contributed by atoms with Crippen LogP contribution in [0.5, 0.6) is 0 Å². The number of allylic oxidation sites excluding steroid dienone is 1. The normalized spacial score (nSPS) is 38.6. The van der Waals surface area contributed by atoms with Crippen LogP contribution in [0.15, 0.2) is 69.9 Å². The highest BCUT2D eigenvalue weighted by atomic mass is 79.9. The van der Waals surface area contributed by atoms with Gasteiger partial charge in [-0.1, -0.05) is 59.7 Å². The molecule has 1 aromatic heterocycles. The van der Waals surface area contributed by atoms with Crippen LogP contribution in [0, 0.1) is 22.7 Å². The number of aliphatic hydroxyl groups is 1. The quantitative estimate of drug-likeness (QED) is 0.218. The summed E-state index contributed by atoms with van der Waals surface area (Å²) in [5.74, 6) is -2.28. The molecule has 1 aromatic carbocycles. The zero-order valence-corrected chi connectivity index (χ0v) is 36.1. The Labute approximate surface area is 348 Å². The number of halogens is 1. The number of benzene rings is 1. The summed E-state index contributed by atoms with van der Waals surface area (Å²) in [5, 5.41) is 14.4. The third-order valence-electron chi connectivity index (χ3n) is 15.2. The Balaban J connectivity index is 1.34. The van der Waals surface area contributed by atoms with Crippen molar-refractivity contribution in [2.45, 2.75) is 88.3 Å². The molecular weight excluding hydrogens is 804 g/mol. The van der Waals surface area contributed by atoms with Gasteiger partial charge in [0, 0.05) is 96.8 Å². The number of likely N-dealkylation sites (N-methyl/N-ethyl adjacent to an activating group) is 1. The lowest BCUT2D eigenvalue weighted by molar-refractivity contribution is -0.243. The fourth-order valence-electron chi connectivity index (χ4n) is 13.3. The summed E-state index contributed by atoms with van der Waals surface area (Å²) in [6, 6.07) is 5.08. The molecule has 58 heavy (non-hydrogen) atoms. The third kappa shape index (κ3) is 5.09. The maximum absolute atomic E-state index is 15.3. The van der Waals surface area contributed by atoms with Crippen molar-refractivity contribution in [3.63, 3.8) is 0 Å². The summed E-state index contributed by atoms with van der Waals surface area (Å²) in [4.78, 5) is 53.4. The molecule has 1 saturated carbocycles. The van der Waals surface area contributed by atoms with Gasteiger partial charge < -0.3 is 33.9 Å². The highest BCUT2D eigenvalue weighted by Gasteiger charge is 2.81. The number of carbonyl (C=O) groups is 3. The number of esters is 3. The minimum atomic E-state index is -2.26. The van der Waals surface area contributed by atoms with Crippen molar-refractivity contribution in [3.8, 4) is 0 Å². The van der Waals surface area contributed by atoms with E-state index in [4.69, 9.17) is 18.9 Å². The average molecular weight is 860 g/mol. The number of H-pyrrole nitrogens is 1. The molecule has 13 heteroatoms. The number of likely N-dealkylation sites (tertiary alicyclic amines) is 1. The lowest BCUT2D eigenvalue weighted by Gasteiger charge is -2.63. The van der Waals surface area contributed by atoms with Crippen molar-refractivity contribution in [1.29, 1.82) is 0 Å². The van der Waals surface area contributed by atoms with Gasteiger partial charge in [-0.3, -0.25) is 19.4 Å². The number of rotatable bonds is 7. The molecule has 4 unspecified atom stereocenters. The van der Waals surface area contributed by atoms with Gasteiger partial charge in [-0.2, -0.15) is 0 Å². The highest BCUT2D eigenvalue weighted by Crippen LogP contribution is 2.70. The second-order valence-electron chi connectivity index (χ2n) is 17.7. The Morgan fingerprint density at radius 3 is 2.50 bits per heavy atom. The van der Waals surface area contributed by atoms with Crippen molar-refractivity contribution < 1.29 is 38.4 Å². The molecule has 3 fully saturated rings. The first-order valence-corrected chi connectivity index (χ1v) is 21.5. The van der Waals surface area contributed by atoms with E-state index in [2.05, 4.69) is 80.2 Å². The summed E-state index contributed by atoms with van der Waals surface area (Å²) in [6.07, 6.45) is 11.5. The molecule has 1 spiro atoms. The van der Waals surface area contributed by atoms with Crippen LogP contribution in [-0.4, -0.2) is 127 Å². The predicted molar refractivity (Wildman–Crippen MR) is 220 cm³/mol. The topological polar surface area (TPSA) is 134 Å². The Morgan fingerprint density at radius 2 is 1.81 bits per heavy atom. The lowest BCUT2D eigenvalue weighted by atomic mass is 9.47. The third-order valence-corrected chi connectivity index (χ3v) is 15.7. The van der Waals surface area contributed by atoms with E-state index in [1.165, 1.54) is 26.7 Å². The zero-order valence-electron chi connectivity index (χ0n) is 34.5. The number of carbonyl (C=O) groups excluding carboxylic acids is 3. The number of ether oxygens (including phenoxy) is 4. The summed E-state index contributed by atoms with van der Waals surface area (Å²) in [5.41, 5.74) is 0.684. The van der Waals surface area contributed by atoms with Crippen LogP contribution in [0.4, 0.5) is 0 Å². The molecule has 9 rings (SSSR count). The molecule has 2 saturated heterocycles. The van der Waals surface area contributed by atoms with Gasteiger partial charge in [0.05, 0.1) is 26.4 Å². The Morgan fingerprint density at radius 1 is 1.03 bits per heavy atom. The number of nitrogens with one attached hydrogen (secondary N) is 1. The van der Waals surface area contributed by atoms with E-state index < -0.39 is 58.0 Å². The van der Waals surface area contributed by atoms with Gasteiger partial charge >= 0.3 is 17.9 Å². The van der Waals surface area contributed by atoms with Gasteiger partial charge in [0.25, 0.3) is 0 Å². The van der Waals surface area contributed by atoms with Crippen LogP contribution >= 0.6 is 15.9 Å². The number of nitrogens with zero attached hydrogens (tertiary/aromatic N) is 3. The minimum absolute atomic E-state index is 0.0503. The van der Waals surface area contributed by atoms with E-state index in [1.807, 2.05) is 24.9 Å². The molecule has 2 bridgehead atoms. The summed E-state index contributed by atoms with van der Waals surface area (Å²) in [6.45, 7) is 9.24. The fourth-order valence-corrected chi connectivity index (χ4v) is 13.7. The molecule has 2 N–H and O–H groups in total. The Kier molecular flexibility index (Phi) is 9.52. The number of hydrogen-bond donors (Lipinski definition) is 2. The van der Waals surface area contributed by atoms with Gasteiger partial charge in [-0.05, 0) is 73.6 Å². The van der Waals surface area contributed by atoms with Crippen LogP contribution in [0.3, 0.4) is 0 Å². The molecule has 12 nitrogen and oxygen atoms in total. The van der Waals surface area contributed by atoms with Crippen LogP contribution < -0.4 is 0 Å². The molecule has 310 valence electrons. The summed E-state index contributed by atoms with van der Waals surface area (Å²) >= 11 is 3.73. The minimum Gasteiger partial charge on any atom is -0.468 e. The van der Waals surface area contributed by atoms with E-state index in [-0.39, 0.29) is 17.9 Å². The number of aromatic amines is 1. The van der Waals surface area contributed by atoms with Crippen LogP contribution in [0.2, 0.25) is 0 Å². The van der Waals surface area contributed by atoms with Gasteiger partial charge in [0.15, 0.2) is 6.10 Å². The molecule has 0 amide bonds. The predicted octanol–water partition coefficient (Wildman–Crippen LogP) is 5.16. The number of fused-ring (bicyclic) bond motifs is 6. The average Bonchev–Trinajstić information content (AvgIpc) is 3.86. The molecule has 2 aliphatic carbocycles. The molecule has 7 aliphatic rings. The van der Waals surface area contributed by atoms with Crippen molar-refractivity contribution in [2.24, 2.45) is 22.7 Å². The van der Waals surface area contributed by atoms with Crippen molar-refractivity contribution in [2.75, 3.05) is 54.6 Å². The fraction of sp³-hybridized carbons (Fsp3) is 0.578. The first-order valence-electron chi connectivity index (χ1n) is 20.7. The SMILES string of the molecule is CCC1=C[C@H]2CN(C1)Cc1c([nH]c3ccc(Br)cc13)[C@@](C(=O)OC)(C1C=C3C(=CC1OC)N(C)[C@@H]1C34CCN3CC=C[C@](CC)([C@H]34)[C@@H](OC(C)=O)[C@]1(O)C(=O)OC)C2. The number of methoxy groups -OCH3 is 3. The zero-order chi connectivity index (χ0) is 41.1. The second kappa shape index (κ2) is 13.9. The van der Waals surface area contributed by atoms with E-state index in [9.17, 15) is 14.7 Å². The number of aromatic nitrogens is 1. The largest absolute Gasteiger partial charge is 0.468 e. The molecule has 6 heterocycles. The first-order chi connectivity index (χ1) is 27.8. The van der Waals surface area contributed by atoms with E-state index >= 15 is 4.79 Å². The Bertz CT molecular complexity index is 2210. The van der Waals surface area contributed by atoms with E-state index in [1.54, 1.807) is 7.11 Å². The summed E-state index contributed by atoms with van der Waals surface area (Å²) in [7, 11) is 6.33. The maximum atomic E-state index is 15.3. The van der Waals surface area contributed by atoms with Crippen molar-refractivity contribution >= 4 is 44.7 Å². The second-order valence-corrected chi connectivity index (χ2v) is 18.6. The first kappa shape index (κ1) is 39.7. The number of hydrogen-bond acceptors (Lipinski definition) is 11. The van der Waals surface area contributed by atoms with Crippen molar-refractivity contribution in [1.82, 2.24) is 19.7 Å². The van der Waals surface area contributed by atoms with E-state index in [0.29, 0.717) is 38.9 Å². The van der Waals surface area contributed by atoms with E-state index in [0.717, 1.165) is 57.4 Å². The molecule has 5 aliphatic heterocycles. The standard InChI is InChI=1S/C45H55BrN4O8/c1-8-26-17-27-21-44(40(52)56-6,36-30(24-49(22-26)23-27)29-18-28(46)11-12-33(29)47-36)32-19-31-34(20-35(32)55-5)48(4)38-43(31)14-16-50-15-10-13-42(9-2,37(43)50)39(58-25(3)51)45(38,54)41(53)57-7/h10-13,17-20,27,32,35,37-39,47,54H,8-9,14-16,21-24H2,1-7H3/t27-,32?,35?,37+,38-,39-,42-,43?,44+,45+/m1/s1. The van der Waals surface area contributed by atoms with Gasteiger partial charge in [0.1, 0.15) is 5.41 Å². The van der Waals surface area contributed by atoms with Crippen LogP contribution in [0.25, 0.3) is 10.9 Å². The van der Waals surface area contributed by atoms with Crippen molar-refractivity contribution in [3.05, 3.63) is 81.2 Å². The van der Waals surface area contributed by atoms with Gasteiger partial charge in [-0.25, -0.2) is 4.79 Å². The van der Waals surface area contributed by atoms with Gasteiger partial charge in [-0.15, -0.1) is 0 Å².